The summed E-state index contributed by atoms with van der Waals surface area (Å²) in [6, 6.07) is 12.8. The number of ether oxygens (including phenoxy) is 1. The quantitative estimate of drug-likeness (QED) is 0.201. The van der Waals surface area contributed by atoms with Gasteiger partial charge in [-0.2, -0.15) is 4.98 Å². The highest BCUT2D eigenvalue weighted by molar-refractivity contribution is 6.02. The first-order valence-corrected chi connectivity index (χ1v) is 16.7. The van der Waals surface area contributed by atoms with Crippen molar-refractivity contribution in [1.29, 1.82) is 0 Å². The molecule has 1 saturated heterocycles. The summed E-state index contributed by atoms with van der Waals surface area (Å²) in [4.78, 5) is 65.1. The Balaban J connectivity index is 0.934. The number of aromatic nitrogens is 5. The predicted octanol–water partition coefficient (Wildman–Crippen LogP) is 3.62. The number of hydrogen-bond donors (Lipinski definition) is 2. The molecule has 52 heavy (non-hydrogen) atoms. The van der Waals surface area contributed by atoms with E-state index in [1.807, 2.05) is 25.1 Å². The number of carbonyl (C=O) groups excluding carboxylic acids is 3. The zero-order chi connectivity index (χ0) is 36.1. The van der Waals surface area contributed by atoms with E-state index >= 15 is 0 Å². The van der Waals surface area contributed by atoms with Gasteiger partial charge in [-0.15, -0.1) is 0 Å². The number of imidazole rings is 1. The van der Waals surface area contributed by atoms with Gasteiger partial charge in [-0.1, -0.05) is 11.8 Å². The van der Waals surface area contributed by atoms with Gasteiger partial charge < -0.3 is 19.4 Å². The number of pyridine rings is 1. The van der Waals surface area contributed by atoms with E-state index in [2.05, 4.69) is 42.3 Å². The van der Waals surface area contributed by atoms with Crippen LogP contribution in [0.2, 0.25) is 0 Å². The maximum Gasteiger partial charge on any atom is 0.328 e. The summed E-state index contributed by atoms with van der Waals surface area (Å²) < 4.78 is 14.9. The number of furan rings is 1. The van der Waals surface area contributed by atoms with Crippen LogP contribution in [0.4, 0.5) is 11.4 Å². The lowest BCUT2D eigenvalue weighted by Gasteiger charge is -2.30. The molecule has 1 fully saturated rings. The Kier molecular flexibility index (Phi) is 8.02. The van der Waals surface area contributed by atoms with Crippen LogP contribution in [-0.2, 0) is 23.7 Å². The zero-order valence-corrected chi connectivity index (χ0v) is 28.5. The molecule has 1 unspecified atom stereocenters. The molecule has 2 aromatic carbocycles. The molecule has 4 aromatic heterocycles. The number of aryl methyl sites for hydroxylation is 3. The highest BCUT2D eigenvalue weighted by atomic mass is 16.5. The van der Waals surface area contributed by atoms with E-state index in [0.29, 0.717) is 59.2 Å². The van der Waals surface area contributed by atoms with Gasteiger partial charge in [0.25, 0.3) is 5.91 Å². The molecule has 260 valence electrons. The minimum Gasteiger partial charge on any atom is -0.474 e. The van der Waals surface area contributed by atoms with Gasteiger partial charge in [0, 0.05) is 54.5 Å². The lowest BCUT2D eigenvalue weighted by Crippen LogP contribution is -2.39. The Labute approximate surface area is 296 Å². The molecule has 6 aromatic rings. The minimum absolute atomic E-state index is 0.0826. The zero-order valence-electron chi connectivity index (χ0n) is 28.5. The molecule has 8 rings (SSSR count). The second-order valence-corrected chi connectivity index (χ2v) is 12.7. The van der Waals surface area contributed by atoms with Crippen LogP contribution in [0.3, 0.4) is 0 Å². The summed E-state index contributed by atoms with van der Waals surface area (Å²) in [6.07, 6.45) is 5.49. The van der Waals surface area contributed by atoms with Crippen LogP contribution < -0.4 is 26.0 Å². The van der Waals surface area contributed by atoms with Gasteiger partial charge in [0.15, 0.2) is 5.82 Å². The molecule has 2 N–H and O–H groups in total. The van der Waals surface area contributed by atoms with Gasteiger partial charge in [-0.25, -0.2) is 9.78 Å². The average molecular weight is 697 g/mol. The van der Waals surface area contributed by atoms with Crippen LogP contribution >= 0.6 is 0 Å². The molecule has 0 bridgehead atoms. The second-order valence-electron chi connectivity index (χ2n) is 12.7. The van der Waals surface area contributed by atoms with Gasteiger partial charge >= 0.3 is 5.69 Å². The van der Waals surface area contributed by atoms with E-state index in [9.17, 15) is 19.2 Å². The average Bonchev–Trinajstić information content (AvgIpc) is 3.66. The molecule has 1 atom stereocenters. The standard InChI is InChI=1S/C38H32N8O6/c1-21-15-24(17-29-33(21)45(3)38(50)44(29)2)46-13-14-51-37-30(46)19-41-34(43-37)23-7-9-28(40-18-23)36(49)39-12-4-5-22-6-10-31-26(16-22)27(20-52-31)25-8-11-32(47)42-35(25)48/h6-7,9-10,15-20,25H,8,11-14H2,1-3H3,(H,39,49)(H,42,47,48). The Bertz CT molecular complexity index is 2570. The summed E-state index contributed by atoms with van der Waals surface area (Å²) in [7, 11) is 3.54. The van der Waals surface area contributed by atoms with Gasteiger partial charge in [0.1, 0.15) is 23.6 Å². The summed E-state index contributed by atoms with van der Waals surface area (Å²) in [5, 5.41) is 5.91. The number of anilines is 2. The van der Waals surface area contributed by atoms with E-state index in [1.165, 1.54) is 6.20 Å². The van der Waals surface area contributed by atoms with Gasteiger partial charge in [0.2, 0.25) is 17.7 Å². The molecule has 2 aliphatic heterocycles. The summed E-state index contributed by atoms with van der Waals surface area (Å²) in [5.41, 5.74) is 7.09. The number of imide groups is 1. The molecule has 3 amide bonds. The van der Waals surface area contributed by atoms with Crippen molar-refractivity contribution in [3.05, 3.63) is 94.0 Å². The SMILES string of the molecule is Cc1cc(N2CCOc3nc(-c4ccc(C(=O)NCC#Cc5ccc6occ(C7CCC(=O)NC7=O)c6c5)nc4)ncc32)cc2c1n(C)c(=O)n2C. The Morgan fingerprint density at radius 3 is 2.73 bits per heavy atom. The third-order valence-corrected chi connectivity index (χ3v) is 9.47. The molecule has 0 saturated carbocycles. The number of rotatable bonds is 5. The van der Waals surface area contributed by atoms with Crippen molar-refractivity contribution in [3.8, 4) is 29.1 Å². The first kappa shape index (κ1) is 32.5. The van der Waals surface area contributed by atoms with Gasteiger partial charge in [0.05, 0.1) is 42.5 Å². The van der Waals surface area contributed by atoms with E-state index < -0.39 is 5.92 Å². The number of piperidine rings is 1. The second kappa shape index (κ2) is 12.9. The monoisotopic (exact) mass is 696 g/mol. The van der Waals surface area contributed by atoms with Crippen molar-refractivity contribution in [2.45, 2.75) is 25.7 Å². The van der Waals surface area contributed by atoms with Crippen molar-refractivity contribution in [1.82, 2.24) is 34.7 Å². The molecular formula is C38H32N8O6. The van der Waals surface area contributed by atoms with Crippen molar-refractivity contribution < 1.29 is 23.5 Å². The number of amides is 3. The van der Waals surface area contributed by atoms with E-state index in [4.69, 9.17) is 9.15 Å². The molecule has 14 heteroatoms. The highest BCUT2D eigenvalue weighted by Gasteiger charge is 2.30. The van der Waals surface area contributed by atoms with Crippen LogP contribution in [0.1, 0.15) is 45.9 Å². The fourth-order valence-electron chi connectivity index (χ4n) is 6.83. The van der Waals surface area contributed by atoms with Crippen LogP contribution in [0.5, 0.6) is 5.88 Å². The number of benzene rings is 2. The summed E-state index contributed by atoms with van der Waals surface area (Å²) in [5.74, 6) is 5.36. The first-order valence-electron chi connectivity index (χ1n) is 16.7. The van der Waals surface area contributed by atoms with Crippen molar-refractivity contribution in [3.63, 3.8) is 0 Å². The molecule has 6 heterocycles. The number of fused-ring (bicyclic) bond motifs is 3. The number of hydrogen-bond acceptors (Lipinski definition) is 10. The maximum absolute atomic E-state index is 12.8. The Hall–Kier alpha value is -6.75. The molecule has 14 nitrogen and oxygen atoms in total. The third-order valence-electron chi connectivity index (χ3n) is 9.47. The lowest BCUT2D eigenvalue weighted by molar-refractivity contribution is -0.134. The van der Waals surface area contributed by atoms with Crippen LogP contribution in [0, 0.1) is 18.8 Å². The predicted molar refractivity (Wildman–Crippen MR) is 191 cm³/mol. The highest BCUT2D eigenvalue weighted by Crippen LogP contribution is 2.38. The van der Waals surface area contributed by atoms with Crippen LogP contribution in [-0.4, -0.2) is 61.5 Å². The fraction of sp³-hybridized carbons (Fsp3) is 0.237. The summed E-state index contributed by atoms with van der Waals surface area (Å²) in [6.45, 7) is 3.07. The number of nitrogens with one attached hydrogen (secondary N) is 2. The minimum atomic E-state index is -0.470. The lowest BCUT2D eigenvalue weighted by atomic mass is 9.90. The van der Waals surface area contributed by atoms with Gasteiger partial charge in [-0.3, -0.25) is 33.8 Å². The Morgan fingerprint density at radius 1 is 1.06 bits per heavy atom. The molecule has 2 aliphatic rings. The largest absolute Gasteiger partial charge is 0.474 e. The van der Waals surface area contributed by atoms with Crippen LogP contribution in [0.25, 0.3) is 33.4 Å². The molecular weight excluding hydrogens is 664 g/mol. The third kappa shape index (κ3) is 5.71. The van der Waals surface area contributed by atoms with Gasteiger partial charge in [-0.05, 0) is 61.4 Å². The number of nitrogens with zero attached hydrogens (tertiary/aromatic N) is 6. The first-order chi connectivity index (χ1) is 25.2. The normalized spacial score (nSPS) is 15.5. The van der Waals surface area contributed by atoms with E-state index in [1.54, 1.807) is 60.0 Å². The Morgan fingerprint density at radius 2 is 1.92 bits per heavy atom. The van der Waals surface area contributed by atoms with Crippen molar-refractivity contribution in [2.24, 2.45) is 14.1 Å². The summed E-state index contributed by atoms with van der Waals surface area (Å²) >= 11 is 0. The molecule has 0 radical (unpaired) electrons. The topological polar surface area (TPSA) is 166 Å². The van der Waals surface area contributed by atoms with Crippen molar-refractivity contribution in [2.75, 3.05) is 24.6 Å². The van der Waals surface area contributed by atoms with E-state index in [-0.39, 0.29) is 42.1 Å². The maximum atomic E-state index is 12.8. The number of carbonyl (C=O) groups is 3. The molecule has 0 aliphatic carbocycles. The van der Waals surface area contributed by atoms with Crippen LogP contribution in [0.15, 0.2) is 70.3 Å². The van der Waals surface area contributed by atoms with Crippen molar-refractivity contribution >= 4 is 51.1 Å². The van der Waals surface area contributed by atoms with E-state index in [0.717, 1.165) is 27.7 Å². The molecule has 0 spiro atoms. The fourth-order valence-corrected chi connectivity index (χ4v) is 6.83. The smallest absolute Gasteiger partial charge is 0.328 e.